The number of rotatable bonds is 8. The van der Waals surface area contributed by atoms with E-state index in [0.717, 1.165) is 5.56 Å². The largest absolute Gasteiger partial charge is 0.507 e. The molecule has 1 fully saturated rings. The zero-order valence-corrected chi connectivity index (χ0v) is 23.7. The van der Waals surface area contributed by atoms with Crippen molar-refractivity contribution in [3.05, 3.63) is 105 Å². The molecule has 1 aliphatic heterocycles. The maximum atomic E-state index is 13.4. The van der Waals surface area contributed by atoms with E-state index in [-0.39, 0.29) is 16.5 Å². The lowest BCUT2D eigenvalue weighted by Gasteiger charge is -2.23. The summed E-state index contributed by atoms with van der Waals surface area (Å²) in [6.07, 6.45) is 0. The van der Waals surface area contributed by atoms with Gasteiger partial charge in [0.1, 0.15) is 11.5 Å². The summed E-state index contributed by atoms with van der Waals surface area (Å²) in [5.41, 5.74) is 1.86. The molecule has 1 amide bonds. The molecule has 3 aromatic carbocycles. The van der Waals surface area contributed by atoms with Gasteiger partial charge in [-0.05, 0) is 42.3 Å². The van der Waals surface area contributed by atoms with Crippen LogP contribution in [0.1, 0.15) is 29.7 Å². The molecule has 4 aromatic rings. The number of aromatic nitrogens is 2. The van der Waals surface area contributed by atoms with Gasteiger partial charge in [0.15, 0.2) is 4.34 Å². The minimum atomic E-state index is -0.929. The van der Waals surface area contributed by atoms with E-state index in [9.17, 15) is 14.7 Å². The monoisotopic (exact) mass is 597 g/mol. The Morgan fingerprint density at radius 2 is 1.85 bits per heavy atom. The average Bonchev–Trinajstić information content (AvgIpc) is 3.50. The molecule has 0 saturated carbocycles. The average molecular weight is 599 g/mol. The molecular formula is C28H21Cl2N3O4S2. The number of aliphatic hydroxyl groups excluding tert-OH is 1. The number of nitrogens with zero attached hydrogens (tertiary/aromatic N) is 3. The molecule has 5 rings (SSSR count). The van der Waals surface area contributed by atoms with Gasteiger partial charge in [0.05, 0.1) is 18.2 Å². The van der Waals surface area contributed by atoms with Crippen molar-refractivity contribution < 1.29 is 19.4 Å². The molecule has 0 bridgehead atoms. The Labute approximate surface area is 243 Å². The SMILES string of the molecule is CCOc1cccc(C2C(=C(O)c3ccccc3)C(=O)C(=O)N2c2nnc(SCc3ccc(Cl)cc3Cl)s2)c1. The van der Waals surface area contributed by atoms with Gasteiger partial charge in [-0.15, -0.1) is 10.2 Å². The summed E-state index contributed by atoms with van der Waals surface area (Å²) in [5.74, 6) is -0.779. The Morgan fingerprint density at radius 1 is 1.05 bits per heavy atom. The molecule has 1 aliphatic rings. The van der Waals surface area contributed by atoms with Crippen molar-refractivity contribution >= 4 is 68.9 Å². The lowest BCUT2D eigenvalue weighted by atomic mass is 9.95. The molecule has 0 radical (unpaired) electrons. The van der Waals surface area contributed by atoms with Crippen LogP contribution in [0.15, 0.2) is 82.7 Å². The number of hydrogen-bond acceptors (Lipinski definition) is 8. The van der Waals surface area contributed by atoms with Crippen LogP contribution < -0.4 is 9.64 Å². The molecule has 198 valence electrons. The maximum Gasteiger partial charge on any atom is 0.301 e. The van der Waals surface area contributed by atoms with Gasteiger partial charge in [-0.25, -0.2) is 0 Å². The quantitative estimate of drug-likeness (QED) is 0.0756. The smallest absolute Gasteiger partial charge is 0.301 e. The molecule has 11 heteroatoms. The van der Waals surface area contributed by atoms with E-state index in [4.69, 9.17) is 27.9 Å². The number of ether oxygens (including phenoxy) is 1. The molecule has 1 aromatic heterocycles. The minimum absolute atomic E-state index is 0.0304. The predicted molar refractivity (Wildman–Crippen MR) is 155 cm³/mol. The number of aliphatic hydroxyl groups is 1. The standard InChI is InChI=1S/C28H21Cl2N3O4S2/c1-2-37-20-10-6-9-17(13-20)23-22(24(34)16-7-4-3-5-8-16)25(35)26(36)33(23)27-31-32-28(39-27)38-15-18-11-12-19(29)14-21(18)30/h3-14,23,34H,2,15H2,1H3. The highest BCUT2D eigenvalue weighted by molar-refractivity contribution is 8.00. The molecular weight excluding hydrogens is 577 g/mol. The van der Waals surface area contributed by atoms with E-state index in [1.54, 1.807) is 66.7 Å². The number of amides is 1. The maximum absolute atomic E-state index is 13.4. The van der Waals surface area contributed by atoms with Crippen molar-refractivity contribution in [2.75, 3.05) is 11.5 Å². The lowest BCUT2D eigenvalue weighted by molar-refractivity contribution is -0.132. The molecule has 1 atom stereocenters. The van der Waals surface area contributed by atoms with Crippen LogP contribution in [0.4, 0.5) is 5.13 Å². The number of carbonyl (C=O) groups excluding carboxylic acids is 2. The summed E-state index contributed by atoms with van der Waals surface area (Å²) in [5, 5.41) is 21.0. The number of carbonyl (C=O) groups is 2. The van der Waals surface area contributed by atoms with Crippen LogP contribution in [-0.4, -0.2) is 33.6 Å². The van der Waals surface area contributed by atoms with Crippen molar-refractivity contribution in [1.29, 1.82) is 0 Å². The van der Waals surface area contributed by atoms with Crippen LogP contribution in [0.2, 0.25) is 10.0 Å². The van der Waals surface area contributed by atoms with Crippen LogP contribution in [0.25, 0.3) is 5.76 Å². The van der Waals surface area contributed by atoms with Gasteiger partial charge in [0.25, 0.3) is 5.78 Å². The number of benzene rings is 3. The van der Waals surface area contributed by atoms with E-state index in [2.05, 4.69) is 10.2 Å². The molecule has 39 heavy (non-hydrogen) atoms. The van der Waals surface area contributed by atoms with Gasteiger partial charge < -0.3 is 9.84 Å². The van der Waals surface area contributed by atoms with E-state index >= 15 is 0 Å². The van der Waals surface area contributed by atoms with Crippen molar-refractivity contribution in [2.24, 2.45) is 0 Å². The normalized spacial score (nSPS) is 16.6. The summed E-state index contributed by atoms with van der Waals surface area (Å²) in [7, 11) is 0. The minimum Gasteiger partial charge on any atom is -0.507 e. The third-order valence-electron chi connectivity index (χ3n) is 5.94. The second-order valence-electron chi connectivity index (χ2n) is 8.42. The zero-order chi connectivity index (χ0) is 27.5. The third-order valence-corrected chi connectivity index (χ3v) is 8.64. The highest BCUT2D eigenvalue weighted by atomic mass is 35.5. The fourth-order valence-electron chi connectivity index (χ4n) is 4.17. The second-order valence-corrected chi connectivity index (χ2v) is 11.4. The van der Waals surface area contributed by atoms with Gasteiger partial charge in [0, 0.05) is 21.4 Å². The number of anilines is 1. The number of halogens is 2. The van der Waals surface area contributed by atoms with Crippen molar-refractivity contribution in [1.82, 2.24) is 10.2 Å². The van der Waals surface area contributed by atoms with Gasteiger partial charge in [-0.2, -0.15) is 0 Å². The first-order valence-electron chi connectivity index (χ1n) is 11.9. The number of ketones is 1. The first-order chi connectivity index (χ1) is 18.9. The topological polar surface area (TPSA) is 92.6 Å². The first-order valence-corrected chi connectivity index (χ1v) is 14.4. The summed E-state index contributed by atoms with van der Waals surface area (Å²) < 4.78 is 6.25. The fourth-order valence-corrected chi connectivity index (χ4v) is 6.60. The van der Waals surface area contributed by atoms with Gasteiger partial charge >= 0.3 is 5.91 Å². The number of hydrogen-bond donors (Lipinski definition) is 1. The predicted octanol–water partition coefficient (Wildman–Crippen LogP) is 7.16. The summed E-state index contributed by atoms with van der Waals surface area (Å²) in [4.78, 5) is 28.1. The van der Waals surface area contributed by atoms with Gasteiger partial charge in [0.2, 0.25) is 5.13 Å². The molecule has 0 spiro atoms. The van der Waals surface area contributed by atoms with Crippen LogP contribution in [-0.2, 0) is 15.3 Å². The molecule has 0 aliphatic carbocycles. The van der Waals surface area contributed by atoms with E-state index in [1.165, 1.54) is 28.0 Å². The van der Waals surface area contributed by atoms with Crippen molar-refractivity contribution in [3.63, 3.8) is 0 Å². The molecule has 7 nitrogen and oxygen atoms in total. The summed E-state index contributed by atoms with van der Waals surface area (Å²) in [6.45, 7) is 2.31. The summed E-state index contributed by atoms with van der Waals surface area (Å²) >= 11 is 14.9. The molecule has 2 heterocycles. The Kier molecular flexibility index (Phi) is 8.23. The van der Waals surface area contributed by atoms with E-state index in [0.29, 0.717) is 43.6 Å². The van der Waals surface area contributed by atoms with Crippen LogP contribution in [0, 0.1) is 0 Å². The zero-order valence-electron chi connectivity index (χ0n) is 20.5. The Bertz CT molecular complexity index is 1580. The Balaban J connectivity index is 1.54. The van der Waals surface area contributed by atoms with Crippen LogP contribution >= 0.6 is 46.3 Å². The van der Waals surface area contributed by atoms with Crippen molar-refractivity contribution in [2.45, 2.75) is 23.1 Å². The van der Waals surface area contributed by atoms with Gasteiger partial charge in [-0.3, -0.25) is 14.5 Å². The Hall–Kier alpha value is -3.37. The second kappa shape index (κ2) is 11.8. The van der Waals surface area contributed by atoms with Crippen LogP contribution in [0.3, 0.4) is 0 Å². The molecule has 1 saturated heterocycles. The fraction of sp³-hybridized carbons (Fsp3) is 0.143. The molecule has 1 N–H and O–H groups in total. The van der Waals surface area contributed by atoms with Gasteiger partial charge in [-0.1, -0.05) is 94.8 Å². The van der Waals surface area contributed by atoms with Crippen LogP contribution in [0.5, 0.6) is 5.75 Å². The Morgan fingerprint density at radius 3 is 2.59 bits per heavy atom. The van der Waals surface area contributed by atoms with E-state index in [1.807, 2.05) is 13.0 Å². The highest BCUT2D eigenvalue weighted by Crippen LogP contribution is 2.44. The molecule has 1 unspecified atom stereocenters. The van der Waals surface area contributed by atoms with E-state index < -0.39 is 17.7 Å². The summed E-state index contributed by atoms with van der Waals surface area (Å²) in [6, 6.07) is 20.1. The van der Waals surface area contributed by atoms with Crippen molar-refractivity contribution in [3.8, 4) is 5.75 Å². The third kappa shape index (κ3) is 5.67. The number of Topliss-reactive ketones (excluding diaryl/α,β-unsaturated/α-hetero) is 1. The first kappa shape index (κ1) is 27.2. The highest BCUT2D eigenvalue weighted by Gasteiger charge is 2.48. The lowest BCUT2D eigenvalue weighted by Crippen LogP contribution is -2.29. The number of thioether (sulfide) groups is 1.